The average Bonchev–Trinajstić information content (AvgIpc) is 2.56. The molecule has 150 valence electrons. The van der Waals surface area contributed by atoms with Crippen LogP contribution in [0.15, 0.2) is 36.4 Å². The summed E-state index contributed by atoms with van der Waals surface area (Å²) in [5, 5.41) is 9.41. The quantitative estimate of drug-likeness (QED) is 0.209. The number of aliphatic hydroxyl groups excluding tert-OH is 1. The summed E-state index contributed by atoms with van der Waals surface area (Å²) in [4.78, 5) is 0. The molecule has 1 nitrogen and oxygen atoms in total. The Balaban J connectivity index is 0.000000271. The average molecular weight is 681 g/mol. The largest absolute Gasteiger partial charge is 0.416 e. The fraction of sp³-hybridized carbons (Fsp3) is 0.294. The Hall–Kier alpha value is -0.0800. The van der Waals surface area contributed by atoms with Crippen LogP contribution < -0.4 is 0 Å². The Morgan fingerprint density at radius 2 is 1.19 bits per heavy atom. The number of alkyl halides is 7. The molecule has 0 aliphatic rings. The molecule has 0 saturated carbocycles. The Morgan fingerprint density at radius 1 is 0.778 bits per heavy atom. The van der Waals surface area contributed by atoms with E-state index in [4.69, 9.17) is 5.11 Å². The van der Waals surface area contributed by atoms with Crippen molar-refractivity contribution in [1.82, 2.24) is 0 Å². The lowest BCUT2D eigenvalue weighted by Gasteiger charge is -2.09. The van der Waals surface area contributed by atoms with E-state index in [0.29, 0.717) is 20.9 Å². The Labute approximate surface area is 187 Å². The maximum atomic E-state index is 12.3. The van der Waals surface area contributed by atoms with Crippen molar-refractivity contribution in [2.45, 2.75) is 25.4 Å². The fourth-order valence-corrected chi connectivity index (χ4v) is 3.46. The summed E-state index contributed by atoms with van der Waals surface area (Å²) >= 11 is 7.13. The molecule has 0 radical (unpaired) electrons. The van der Waals surface area contributed by atoms with Gasteiger partial charge in [-0.05, 0) is 99.1 Å². The predicted octanol–water partition coefficient (Wildman–Crippen LogP) is 7.05. The highest BCUT2D eigenvalue weighted by Gasteiger charge is 2.31. The van der Waals surface area contributed by atoms with E-state index in [-0.39, 0.29) is 6.61 Å². The fourth-order valence-electron chi connectivity index (χ4n) is 1.92. The maximum Gasteiger partial charge on any atom is 0.416 e. The molecule has 0 spiro atoms. The summed E-state index contributed by atoms with van der Waals surface area (Å²) in [6.07, 6.45) is -7.97. The van der Waals surface area contributed by atoms with Gasteiger partial charge in [0.15, 0.2) is 0 Å². The lowest BCUT2D eigenvalue weighted by molar-refractivity contribution is -0.138. The topological polar surface area (TPSA) is 20.2 Å². The second kappa shape index (κ2) is 10.6. The van der Waals surface area contributed by atoms with Crippen molar-refractivity contribution in [3.05, 3.63) is 65.8 Å². The third-order valence-corrected chi connectivity index (χ3v) is 5.78. The van der Waals surface area contributed by atoms with Gasteiger partial charge in [-0.3, -0.25) is 0 Å². The minimum atomic E-state index is -4.34. The van der Waals surface area contributed by atoms with Gasteiger partial charge in [0.1, 0.15) is 0 Å². The monoisotopic (exact) mass is 680 g/mol. The lowest BCUT2D eigenvalue weighted by atomic mass is 10.1. The number of aliphatic hydroxyl groups is 1. The van der Waals surface area contributed by atoms with Crippen molar-refractivity contribution in [3.8, 4) is 0 Å². The molecule has 0 heterocycles. The van der Waals surface area contributed by atoms with E-state index in [2.05, 4.69) is 15.9 Å². The summed E-state index contributed by atoms with van der Waals surface area (Å²) in [7, 11) is 0. The van der Waals surface area contributed by atoms with Gasteiger partial charge in [0.05, 0.1) is 17.7 Å². The van der Waals surface area contributed by atoms with Crippen LogP contribution in [0, 0.1) is 7.14 Å². The molecule has 1 N–H and O–H groups in total. The van der Waals surface area contributed by atoms with E-state index in [0.717, 1.165) is 27.3 Å². The van der Waals surface area contributed by atoms with Crippen molar-refractivity contribution >= 4 is 61.1 Å². The van der Waals surface area contributed by atoms with E-state index in [1.165, 1.54) is 18.2 Å². The molecule has 0 aliphatic carbocycles. The van der Waals surface area contributed by atoms with E-state index in [1.54, 1.807) is 0 Å². The molecule has 0 saturated heterocycles. The molecule has 0 atom stereocenters. The van der Waals surface area contributed by atoms with E-state index >= 15 is 0 Å². The highest BCUT2D eigenvalue weighted by Crippen LogP contribution is 2.32. The number of halogens is 9. The van der Waals surface area contributed by atoms with Crippen LogP contribution in [0.3, 0.4) is 0 Å². The second-order valence-electron chi connectivity index (χ2n) is 5.20. The Morgan fingerprint density at radius 3 is 1.56 bits per heavy atom. The Bertz CT molecular complexity index is 762. The predicted molar refractivity (Wildman–Crippen MR) is 112 cm³/mol. The van der Waals surface area contributed by atoms with Gasteiger partial charge >= 0.3 is 12.4 Å². The van der Waals surface area contributed by atoms with Crippen molar-refractivity contribution in [2.24, 2.45) is 0 Å². The molecule has 0 aromatic heterocycles. The second-order valence-corrected chi connectivity index (χ2v) is 8.32. The molecule has 0 fully saturated rings. The van der Waals surface area contributed by atoms with Crippen LogP contribution in [0.1, 0.15) is 22.3 Å². The van der Waals surface area contributed by atoms with Gasteiger partial charge in [0, 0.05) is 12.5 Å². The van der Waals surface area contributed by atoms with Gasteiger partial charge in [0.2, 0.25) is 0 Å². The summed E-state index contributed by atoms with van der Waals surface area (Å²) in [6.45, 7) is -0.373. The zero-order valence-electron chi connectivity index (χ0n) is 13.4. The van der Waals surface area contributed by atoms with Crippen LogP contribution in [0.2, 0.25) is 0 Å². The maximum absolute atomic E-state index is 12.3. The Kier molecular flexibility index (Phi) is 9.82. The zero-order valence-corrected chi connectivity index (χ0v) is 19.3. The third-order valence-electron chi connectivity index (χ3n) is 3.28. The first-order chi connectivity index (χ1) is 12.4. The van der Waals surface area contributed by atoms with Gasteiger partial charge in [-0.15, -0.1) is 0 Å². The SMILES string of the molecule is FC(F)(F)c1ccc(I)c(CCBr)c1.OCc1cc(C(F)(F)F)ccc1I. The van der Waals surface area contributed by atoms with Crippen LogP contribution >= 0.6 is 61.1 Å². The minimum Gasteiger partial charge on any atom is -0.392 e. The first-order valence-corrected chi connectivity index (χ1v) is 10.6. The van der Waals surface area contributed by atoms with E-state index < -0.39 is 23.5 Å². The number of rotatable bonds is 3. The van der Waals surface area contributed by atoms with Crippen LogP contribution in [-0.4, -0.2) is 10.4 Å². The molecule has 27 heavy (non-hydrogen) atoms. The molecule has 10 heteroatoms. The van der Waals surface area contributed by atoms with Crippen LogP contribution in [0.25, 0.3) is 0 Å². The smallest absolute Gasteiger partial charge is 0.392 e. The van der Waals surface area contributed by atoms with Gasteiger partial charge in [-0.25, -0.2) is 0 Å². The van der Waals surface area contributed by atoms with E-state index in [9.17, 15) is 26.3 Å². The van der Waals surface area contributed by atoms with Crippen LogP contribution in [0.5, 0.6) is 0 Å². The van der Waals surface area contributed by atoms with Crippen molar-refractivity contribution in [2.75, 3.05) is 5.33 Å². The molecular weight excluding hydrogens is 668 g/mol. The van der Waals surface area contributed by atoms with Crippen molar-refractivity contribution in [1.29, 1.82) is 0 Å². The van der Waals surface area contributed by atoms with Crippen LogP contribution in [-0.2, 0) is 25.4 Å². The van der Waals surface area contributed by atoms with Gasteiger partial charge in [0.25, 0.3) is 0 Å². The van der Waals surface area contributed by atoms with Gasteiger partial charge in [-0.1, -0.05) is 15.9 Å². The summed E-state index contributed by atoms with van der Waals surface area (Å²) in [5.41, 5.74) is -0.265. The normalized spacial score (nSPS) is 11.8. The molecule has 0 bridgehead atoms. The van der Waals surface area contributed by atoms with Crippen LogP contribution in [0.4, 0.5) is 26.3 Å². The minimum absolute atomic E-state index is 0.301. The number of hydrogen-bond donors (Lipinski definition) is 1. The first kappa shape index (κ1) is 25.0. The number of benzene rings is 2. The molecule has 2 aromatic carbocycles. The number of hydrogen-bond acceptors (Lipinski definition) is 1. The van der Waals surface area contributed by atoms with Crippen molar-refractivity contribution < 1.29 is 31.4 Å². The molecular formula is C17H13BrF6I2O. The van der Waals surface area contributed by atoms with Gasteiger partial charge < -0.3 is 5.11 Å². The molecule has 2 rings (SSSR count). The molecule has 0 aliphatic heterocycles. The zero-order chi connectivity index (χ0) is 20.8. The highest BCUT2D eigenvalue weighted by molar-refractivity contribution is 14.1. The summed E-state index contributed by atoms with van der Waals surface area (Å²) in [6, 6.07) is 7.13. The molecule has 2 aromatic rings. The van der Waals surface area contributed by atoms with Crippen molar-refractivity contribution in [3.63, 3.8) is 0 Å². The first-order valence-electron chi connectivity index (χ1n) is 7.28. The highest BCUT2D eigenvalue weighted by atomic mass is 127. The molecule has 0 amide bonds. The standard InChI is InChI=1S/C9H7BrF3I.C8H6F3IO/c10-4-3-6-5-7(9(11,12)13)1-2-8(6)14;9-8(10,11)6-1-2-7(12)5(3-6)4-13/h1-2,5H,3-4H2;1-3,13H,4H2. The summed E-state index contributed by atoms with van der Waals surface area (Å²) in [5.74, 6) is 0. The third kappa shape index (κ3) is 8.05. The lowest BCUT2D eigenvalue weighted by Crippen LogP contribution is -2.06. The van der Waals surface area contributed by atoms with Gasteiger partial charge in [-0.2, -0.15) is 26.3 Å². The molecule has 0 unspecified atom stereocenters. The summed E-state index contributed by atoms with van der Waals surface area (Å²) < 4.78 is 74.9. The van der Waals surface area contributed by atoms with E-state index in [1.807, 2.05) is 45.2 Å². The number of aryl methyl sites for hydroxylation is 1.